The SMILES string of the molecule is Nc1nc(N)nc(N)n1.O=C=NC=O. The van der Waals surface area contributed by atoms with Gasteiger partial charge in [-0.05, 0) is 0 Å². The molecule has 0 radical (unpaired) electrons. The van der Waals surface area contributed by atoms with Gasteiger partial charge in [-0.1, -0.05) is 0 Å². The lowest BCUT2D eigenvalue weighted by Gasteiger charge is -1.93. The fourth-order valence-electron chi connectivity index (χ4n) is 0.449. The lowest BCUT2D eigenvalue weighted by Crippen LogP contribution is -2.05. The van der Waals surface area contributed by atoms with E-state index in [0.717, 1.165) is 6.08 Å². The van der Waals surface area contributed by atoms with Gasteiger partial charge in [0.25, 0.3) is 0 Å². The summed E-state index contributed by atoms with van der Waals surface area (Å²) in [6, 6.07) is 0. The summed E-state index contributed by atoms with van der Waals surface area (Å²) in [6.07, 6.45) is 1.16. The number of nitrogens with zero attached hydrogens (tertiary/aromatic N) is 4. The van der Waals surface area contributed by atoms with Crippen LogP contribution < -0.4 is 17.2 Å². The molecule has 9 nitrogen and oxygen atoms in total. The van der Waals surface area contributed by atoms with E-state index >= 15 is 0 Å². The van der Waals surface area contributed by atoms with Crippen LogP contribution in [0.15, 0.2) is 4.99 Å². The van der Waals surface area contributed by atoms with E-state index in [1.54, 1.807) is 0 Å². The van der Waals surface area contributed by atoms with Crippen molar-refractivity contribution < 1.29 is 9.59 Å². The maximum absolute atomic E-state index is 8.98. The second-order valence-corrected chi connectivity index (χ2v) is 1.74. The minimum absolute atomic E-state index is 0.0417. The van der Waals surface area contributed by atoms with Gasteiger partial charge in [0, 0.05) is 0 Å². The first-order chi connectivity index (χ1) is 6.60. The van der Waals surface area contributed by atoms with Gasteiger partial charge in [0.05, 0.1) is 0 Å². The van der Waals surface area contributed by atoms with Crippen LogP contribution in [0.5, 0.6) is 0 Å². The molecule has 0 aliphatic rings. The van der Waals surface area contributed by atoms with Crippen LogP contribution in [0.1, 0.15) is 0 Å². The number of aromatic nitrogens is 3. The Morgan fingerprint density at radius 2 is 1.43 bits per heavy atom. The van der Waals surface area contributed by atoms with Gasteiger partial charge in [0.2, 0.25) is 30.3 Å². The zero-order valence-electron chi connectivity index (χ0n) is 6.91. The number of hydrogen-bond acceptors (Lipinski definition) is 8. The number of isocyanates is 1. The first-order valence-corrected chi connectivity index (χ1v) is 3.13. The summed E-state index contributed by atoms with van der Waals surface area (Å²) in [6.45, 7) is 0. The molecule has 0 bridgehead atoms. The lowest BCUT2D eigenvalue weighted by atomic mass is 10.9. The Morgan fingerprint density at radius 3 is 1.57 bits per heavy atom. The van der Waals surface area contributed by atoms with E-state index in [1.165, 1.54) is 0 Å². The molecule has 1 heterocycles. The highest BCUT2D eigenvalue weighted by molar-refractivity contribution is 5.58. The van der Waals surface area contributed by atoms with E-state index in [4.69, 9.17) is 26.8 Å². The highest BCUT2D eigenvalue weighted by atomic mass is 16.1. The van der Waals surface area contributed by atoms with Crippen molar-refractivity contribution in [2.24, 2.45) is 4.99 Å². The lowest BCUT2D eigenvalue weighted by molar-refractivity contribution is -0.106. The van der Waals surface area contributed by atoms with Crippen molar-refractivity contribution in [1.29, 1.82) is 0 Å². The number of nitrogens with two attached hydrogens (primary N) is 3. The van der Waals surface area contributed by atoms with Gasteiger partial charge in [0.15, 0.2) is 0 Å². The van der Waals surface area contributed by atoms with Crippen molar-refractivity contribution in [3.63, 3.8) is 0 Å². The molecule has 14 heavy (non-hydrogen) atoms. The minimum atomic E-state index is 0.0417. The van der Waals surface area contributed by atoms with E-state index in [2.05, 4.69) is 19.9 Å². The number of rotatable bonds is 1. The molecule has 0 saturated carbocycles. The maximum Gasteiger partial charge on any atom is 0.243 e. The van der Waals surface area contributed by atoms with Gasteiger partial charge >= 0.3 is 0 Å². The number of carbonyl (C=O) groups excluding carboxylic acids is 2. The van der Waals surface area contributed by atoms with Crippen LogP contribution in [0, 0.1) is 0 Å². The third-order valence-electron chi connectivity index (χ3n) is 0.793. The summed E-state index contributed by atoms with van der Waals surface area (Å²) in [5.41, 5.74) is 15.4. The number of nitrogen functional groups attached to an aromatic ring is 3. The van der Waals surface area contributed by atoms with Crippen molar-refractivity contribution in [2.45, 2.75) is 0 Å². The van der Waals surface area contributed by atoms with Crippen LogP contribution in [-0.4, -0.2) is 27.4 Å². The molecule has 9 heteroatoms. The fourth-order valence-corrected chi connectivity index (χ4v) is 0.449. The average Bonchev–Trinajstić information content (AvgIpc) is 2.03. The number of carbonyl (C=O) groups is 1. The second-order valence-electron chi connectivity index (χ2n) is 1.74. The topological polar surface area (TPSA) is 163 Å². The Hall–Kier alpha value is -2.54. The largest absolute Gasteiger partial charge is 0.368 e. The van der Waals surface area contributed by atoms with Gasteiger partial charge in [-0.15, -0.1) is 4.99 Å². The van der Waals surface area contributed by atoms with Gasteiger partial charge in [-0.3, -0.25) is 4.79 Å². The Labute approximate surface area is 78.1 Å². The summed E-state index contributed by atoms with van der Waals surface area (Å²) in [5.74, 6) is 0.125. The zero-order valence-corrected chi connectivity index (χ0v) is 6.91. The number of anilines is 3. The molecule has 0 aliphatic heterocycles. The number of aliphatic imine (C=N–C) groups is 1. The molecule has 0 fully saturated rings. The molecule has 0 aromatic carbocycles. The first kappa shape index (κ1) is 11.5. The van der Waals surface area contributed by atoms with Crippen molar-refractivity contribution in [2.75, 3.05) is 17.2 Å². The van der Waals surface area contributed by atoms with Crippen LogP contribution in [-0.2, 0) is 9.59 Å². The third-order valence-corrected chi connectivity index (χ3v) is 0.793. The van der Waals surface area contributed by atoms with Crippen molar-refractivity contribution in [3.05, 3.63) is 0 Å². The van der Waals surface area contributed by atoms with Crippen LogP contribution >= 0.6 is 0 Å². The van der Waals surface area contributed by atoms with Gasteiger partial charge in [-0.2, -0.15) is 15.0 Å². The minimum Gasteiger partial charge on any atom is -0.368 e. The number of amides is 1. The molecule has 6 N–H and O–H groups in total. The quantitative estimate of drug-likeness (QED) is 0.267. The molecule has 0 aliphatic carbocycles. The van der Waals surface area contributed by atoms with E-state index in [0.29, 0.717) is 0 Å². The molecule has 0 atom stereocenters. The van der Waals surface area contributed by atoms with Crippen molar-refractivity contribution in [1.82, 2.24) is 15.0 Å². The van der Waals surface area contributed by atoms with Crippen molar-refractivity contribution >= 4 is 30.3 Å². The standard InChI is InChI=1S/C3H6N6.C2HNO2/c4-1-7-2(5)9-3(6)8-1;4-1-3-2-5/h(H6,4,5,6,7,8,9);1H. The van der Waals surface area contributed by atoms with E-state index in [9.17, 15) is 0 Å². The molecule has 1 aromatic heterocycles. The monoisotopic (exact) mass is 197 g/mol. The summed E-state index contributed by atoms with van der Waals surface area (Å²) >= 11 is 0. The highest BCUT2D eigenvalue weighted by Crippen LogP contribution is 1.97. The molecular weight excluding hydrogens is 190 g/mol. The molecule has 74 valence electrons. The zero-order chi connectivity index (χ0) is 11.0. The fraction of sp³-hybridized carbons (Fsp3) is 0. The smallest absolute Gasteiger partial charge is 0.243 e. The predicted octanol–water partition coefficient (Wildman–Crippen LogP) is -1.90. The van der Waals surface area contributed by atoms with E-state index in [1.807, 2.05) is 0 Å². The molecule has 0 saturated heterocycles. The summed E-state index contributed by atoms with van der Waals surface area (Å²) in [4.78, 5) is 30.8. The Bertz CT molecular complexity index is 309. The summed E-state index contributed by atoms with van der Waals surface area (Å²) in [5, 5.41) is 0. The summed E-state index contributed by atoms with van der Waals surface area (Å²) in [7, 11) is 0. The van der Waals surface area contributed by atoms with Gasteiger partial charge in [0.1, 0.15) is 0 Å². The molecule has 1 rings (SSSR count). The van der Waals surface area contributed by atoms with Crippen LogP contribution in [0.4, 0.5) is 17.8 Å². The molecular formula is C5H7N7O2. The van der Waals surface area contributed by atoms with Crippen LogP contribution in [0.3, 0.4) is 0 Å². The van der Waals surface area contributed by atoms with Crippen LogP contribution in [0.25, 0.3) is 0 Å². The van der Waals surface area contributed by atoms with E-state index < -0.39 is 0 Å². The molecule has 0 unspecified atom stereocenters. The Balaban J connectivity index is 0.000000292. The highest BCUT2D eigenvalue weighted by Gasteiger charge is 1.93. The average molecular weight is 197 g/mol. The van der Waals surface area contributed by atoms with Crippen molar-refractivity contribution in [3.8, 4) is 0 Å². The molecule has 0 spiro atoms. The Morgan fingerprint density at radius 1 is 1.07 bits per heavy atom. The normalized spacial score (nSPS) is 7.71. The van der Waals surface area contributed by atoms with Gasteiger partial charge in [-0.25, -0.2) is 4.79 Å². The molecule has 1 amide bonds. The van der Waals surface area contributed by atoms with E-state index in [-0.39, 0.29) is 24.3 Å². The van der Waals surface area contributed by atoms with Gasteiger partial charge < -0.3 is 17.2 Å². The second kappa shape index (κ2) is 6.03. The maximum atomic E-state index is 8.98. The third kappa shape index (κ3) is 5.16. The Kier molecular flexibility index (Phi) is 4.94. The van der Waals surface area contributed by atoms with Crippen LogP contribution in [0.2, 0.25) is 0 Å². The number of hydrogen-bond donors (Lipinski definition) is 3. The molecule has 1 aromatic rings. The predicted molar refractivity (Wildman–Crippen MR) is 47.2 cm³/mol. The first-order valence-electron chi connectivity index (χ1n) is 3.13. The summed E-state index contributed by atoms with van der Waals surface area (Å²) < 4.78 is 0.